The standard InChI is InChI=1S/2C10H20.C6H12Cl.Y/c2*1-6-7(2)9(4)10(5)8(6)3;1-2-3-4-5-6-7;/h2*6-10H,1-5H3;1-6H2;/q;;-1;. The van der Waals surface area contributed by atoms with Gasteiger partial charge in [-0.1, -0.05) is 82.1 Å². The molecule has 0 aromatic carbocycles. The van der Waals surface area contributed by atoms with E-state index >= 15 is 0 Å². The molecule has 2 rings (SSSR count). The Morgan fingerprint density at radius 1 is 0.464 bits per heavy atom. The van der Waals surface area contributed by atoms with E-state index in [1.807, 2.05) is 0 Å². The molecule has 0 aromatic rings. The molecule has 0 unspecified atom stereocenters. The molecule has 0 spiro atoms. The van der Waals surface area contributed by atoms with Crippen molar-refractivity contribution in [3.05, 3.63) is 6.92 Å². The van der Waals surface area contributed by atoms with Gasteiger partial charge in [-0.2, -0.15) is 6.42 Å². The Hall–Kier alpha value is 1.39. The van der Waals surface area contributed by atoms with Gasteiger partial charge in [0.1, 0.15) is 0 Å². The van der Waals surface area contributed by atoms with E-state index in [-0.39, 0.29) is 32.7 Å². The zero-order valence-electron chi connectivity index (χ0n) is 21.0. The summed E-state index contributed by atoms with van der Waals surface area (Å²) in [4.78, 5) is 0. The monoisotopic (exact) mass is 488 g/mol. The summed E-state index contributed by atoms with van der Waals surface area (Å²) in [5.41, 5.74) is 0. The molecular formula is C26H52ClY-. The molecule has 0 aliphatic heterocycles. The fourth-order valence-electron chi connectivity index (χ4n) is 5.24. The fraction of sp³-hybridized carbons (Fsp3) is 0.962. The summed E-state index contributed by atoms with van der Waals surface area (Å²) in [6.07, 6.45) is 4.67. The Balaban J connectivity index is 0. The zero-order valence-corrected chi connectivity index (χ0v) is 24.6. The first-order valence-electron chi connectivity index (χ1n) is 11.9. The van der Waals surface area contributed by atoms with Crippen molar-refractivity contribution in [2.45, 2.75) is 94.9 Å². The first-order chi connectivity index (χ1) is 12.5. The van der Waals surface area contributed by atoms with Gasteiger partial charge in [0.25, 0.3) is 0 Å². The molecule has 28 heavy (non-hydrogen) atoms. The van der Waals surface area contributed by atoms with E-state index in [4.69, 9.17) is 11.6 Å². The summed E-state index contributed by atoms with van der Waals surface area (Å²) in [6, 6.07) is 0. The van der Waals surface area contributed by atoms with E-state index in [1.54, 1.807) is 0 Å². The quantitative estimate of drug-likeness (QED) is 0.210. The van der Waals surface area contributed by atoms with Crippen molar-refractivity contribution in [2.24, 2.45) is 59.2 Å². The van der Waals surface area contributed by atoms with E-state index in [0.29, 0.717) is 0 Å². The van der Waals surface area contributed by atoms with E-state index in [1.165, 1.54) is 12.8 Å². The number of halogens is 1. The molecule has 0 amide bonds. The third-order valence-corrected chi connectivity index (χ3v) is 9.44. The molecule has 0 heterocycles. The van der Waals surface area contributed by atoms with Crippen LogP contribution in [0.4, 0.5) is 0 Å². The van der Waals surface area contributed by atoms with Crippen molar-refractivity contribution in [3.8, 4) is 0 Å². The maximum Gasteiger partial charge on any atom is 0.0223 e. The van der Waals surface area contributed by atoms with Gasteiger partial charge in [-0.15, -0.1) is 11.6 Å². The van der Waals surface area contributed by atoms with Crippen LogP contribution in [0.2, 0.25) is 0 Å². The molecule has 0 saturated heterocycles. The van der Waals surface area contributed by atoms with Crippen molar-refractivity contribution in [3.63, 3.8) is 0 Å². The van der Waals surface area contributed by atoms with E-state index in [2.05, 4.69) is 76.2 Å². The minimum atomic E-state index is 0. The Labute approximate surface area is 210 Å². The van der Waals surface area contributed by atoms with Crippen LogP contribution in [0.15, 0.2) is 0 Å². The smallest absolute Gasteiger partial charge is 0.0223 e. The summed E-state index contributed by atoms with van der Waals surface area (Å²) in [5.74, 6) is 10.2. The van der Waals surface area contributed by atoms with Crippen LogP contribution in [0.1, 0.15) is 94.9 Å². The molecule has 0 bridgehead atoms. The maximum atomic E-state index is 5.42. The largest absolute Gasteiger partial charge is 0.343 e. The van der Waals surface area contributed by atoms with Gasteiger partial charge < -0.3 is 6.92 Å². The number of hydrogen-bond acceptors (Lipinski definition) is 0. The van der Waals surface area contributed by atoms with Crippen LogP contribution in [-0.2, 0) is 32.7 Å². The van der Waals surface area contributed by atoms with Crippen LogP contribution in [0.3, 0.4) is 0 Å². The molecule has 2 aliphatic carbocycles. The van der Waals surface area contributed by atoms with Crippen molar-refractivity contribution >= 4 is 11.6 Å². The summed E-state index contributed by atoms with van der Waals surface area (Å²) in [7, 11) is 0. The second-order valence-electron chi connectivity index (χ2n) is 10.2. The Bertz CT molecular complexity index is 248. The van der Waals surface area contributed by atoms with Crippen LogP contribution in [0, 0.1) is 66.1 Å². The van der Waals surface area contributed by atoms with Gasteiger partial charge in [-0.25, -0.2) is 0 Å². The van der Waals surface area contributed by atoms with E-state index in [9.17, 15) is 0 Å². The van der Waals surface area contributed by atoms with Crippen LogP contribution in [0.5, 0.6) is 0 Å². The van der Waals surface area contributed by atoms with Crippen LogP contribution in [-0.4, -0.2) is 5.88 Å². The van der Waals surface area contributed by atoms with E-state index < -0.39 is 0 Å². The Kier molecular flexibility index (Phi) is 18.1. The number of rotatable bonds is 4. The topological polar surface area (TPSA) is 0 Å². The third kappa shape index (κ3) is 9.26. The molecule has 167 valence electrons. The van der Waals surface area contributed by atoms with Gasteiger partial charge in [-0.05, 0) is 65.6 Å². The molecule has 0 nitrogen and oxygen atoms in total. The molecule has 2 aliphatic rings. The molecule has 0 aromatic heterocycles. The second-order valence-corrected chi connectivity index (χ2v) is 10.6. The van der Waals surface area contributed by atoms with Crippen LogP contribution in [0.25, 0.3) is 0 Å². The number of hydrogen-bond donors (Lipinski definition) is 0. The van der Waals surface area contributed by atoms with Gasteiger partial charge in [0.05, 0.1) is 0 Å². The van der Waals surface area contributed by atoms with Gasteiger partial charge >= 0.3 is 0 Å². The molecule has 2 heteroatoms. The van der Waals surface area contributed by atoms with Crippen molar-refractivity contribution < 1.29 is 32.7 Å². The van der Waals surface area contributed by atoms with Crippen molar-refractivity contribution in [1.29, 1.82) is 0 Å². The average Bonchev–Trinajstić information content (AvgIpc) is 2.93. The van der Waals surface area contributed by atoms with Gasteiger partial charge in [0.15, 0.2) is 0 Å². The summed E-state index contributed by atoms with van der Waals surface area (Å²) < 4.78 is 0. The van der Waals surface area contributed by atoms with E-state index in [0.717, 1.165) is 77.9 Å². The van der Waals surface area contributed by atoms with Gasteiger partial charge in [-0.3, -0.25) is 0 Å². The molecule has 0 atom stereocenters. The summed E-state index contributed by atoms with van der Waals surface area (Å²) in [5, 5.41) is 0. The normalized spacial score (nSPS) is 42.0. The van der Waals surface area contributed by atoms with Crippen LogP contribution < -0.4 is 0 Å². The minimum Gasteiger partial charge on any atom is -0.343 e. The predicted molar refractivity (Wildman–Crippen MR) is 126 cm³/mol. The minimum absolute atomic E-state index is 0. The van der Waals surface area contributed by atoms with Gasteiger partial charge in [0.2, 0.25) is 0 Å². The Morgan fingerprint density at radius 3 is 0.821 bits per heavy atom. The Morgan fingerprint density at radius 2 is 0.679 bits per heavy atom. The maximum absolute atomic E-state index is 5.42. The fourth-order valence-corrected chi connectivity index (χ4v) is 5.43. The molecule has 2 fully saturated rings. The number of unbranched alkanes of at least 4 members (excludes halogenated alkanes) is 3. The molecule has 2 saturated carbocycles. The molecular weight excluding hydrogens is 437 g/mol. The third-order valence-electron chi connectivity index (χ3n) is 9.18. The predicted octanol–water partition coefficient (Wildman–Crippen LogP) is 8.98. The molecule has 0 N–H and O–H groups in total. The van der Waals surface area contributed by atoms with Crippen LogP contribution >= 0.6 is 11.6 Å². The average molecular weight is 489 g/mol. The van der Waals surface area contributed by atoms with Crippen molar-refractivity contribution in [2.75, 3.05) is 5.88 Å². The molecule has 1 radical (unpaired) electrons. The summed E-state index contributed by atoms with van der Waals surface area (Å²) >= 11 is 5.42. The second kappa shape index (κ2) is 16.1. The van der Waals surface area contributed by atoms with Crippen molar-refractivity contribution in [1.82, 2.24) is 0 Å². The first-order valence-corrected chi connectivity index (χ1v) is 12.4. The first kappa shape index (κ1) is 31.6. The zero-order chi connectivity index (χ0) is 21.3. The SMILES string of the molecule is CC1C(C)C(C)C(C)C1C.CC1C(C)C(C)C(C)C1C.[CH2-]CCCCCCl.[Y]. The summed E-state index contributed by atoms with van der Waals surface area (Å²) in [6.45, 7) is 27.7. The number of alkyl halides is 1. The van der Waals surface area contributed by atoms with Gasteiger partial charge in [0, 0.05) is 38.6 Å².